The van der Waals surface area contributed by atoms with Gasteiger partial charge >= 0.3 is 0 Å². The minimum Gasteiger partial charge on any atom is -0.122 e. The van der Waals surface area contributed by atoms with Crippen LogP contribution in [0.4, 0.5) is 0 Å². The first-order valence-electron chi connectivity index (χ1n) is 7.21. The Kier molecular flexibility index (Phi) is 4.37. The van der Waals surface area contributed by atoms with Crippen LogP contribution in [0.5, 0.6) is 0 Å². The molecule has 1 aromatic rings. The third-order valence-electron chi connectivity index (χ3n) is 4.74. The molecule has 1 saturated carbocycles. The molecule has 1 fully saturated rings. The topological polar surface area (TPSA) is 0 Å². The minimum atomic E-state index is 0.278. The van der Waals surface area contributed by atoms with Crippen molar-refractivity contribution in [3.63, 3.8) is 0 Å². The molecule has 0 nitrogen and oxygen atoms in total. The van der Waals surface area contributed by atoms with E-state index in [-0.39, 0.29) is 5.38 Å². The summed E-state index contributed by atoms with van der Waals surface area (Å²) in [5, 5.41) is 0.278. The molecule has 1 heteroatoms. The molecule has 0 amide bonds. The highest BCUT2D eigenvalue weighted by atomic mass is 35.5. The van der Waals surface area contributed by atoms with Crippen molar-refractivity contribution in [3.8, 4) is 0 Å². The van der Waals surface area contributed by atoms with Crippen molar-refractivity contribution < 1.29 is 0 Å². The molecular formula is C17H25Cl. The van der Waals surface area contributed by atoms with Gasteiger partial charge in [0.25, 0.3) is 0 Å². The van der Waals surface area contributed by atoms with E-state index < -0.39 is 0 Å². The van der Waals surface area contributed by atoms with Crippen molar-refractivity contribution in [3.05, 3.63) is 34.9 Å². The van der Waals surface area contributed by atoms with Gasteiger partial charge in [0.1, 0.15) is 0 Å². The van der Waals surface area contributed by atoms with Gasteiger partial charge in [-0.15, -0.1) is 11.6 Å². The van der Waals surface area contributed by atoms with Crippen LogP contribution >= 0.6 is 11.6 Å². The van der Waals surface area contributed by atoms with Gasteiger partial charge in [-0.3, -0.25) is 0 Å². The van der Waals surface area contributed by atoms with E-state index >= 15 is 0 Å². The van der Waals surface area contributed by atoms with E-state index in [1.807, 2.05) is 0 Å². The zero-order valence-corrected chi connectivity index (χ0v) is 12.7. The zero-order valence-electron chi connectivity index (χ0n) is 11.9. The van der Waals surface area contributed by atoms with Gasteiger partial charge in [0.2, 0.25) is 0 Å². The molecule has 0 N–H and O–H groups in total. The lowest BCUT2D eigenvalue weighted by Gasteiger charge is -2.37. The van der Waals surface area contributed by atoms with Gasteiger partial charge in [0, 0.05) is 5.38 Å². The molecule has 1 unspecified atom stereocenters. The average Bonchev–Trinajstić information content (AvgIpc) is 2.35. The Morgan fingerprint density at radius 1 is 1.11 bits per heavy atom. The van der Waals surface area contributed by atoms with E-state index in [1.165, 1.54) is 48.8 Å². The smallest absolute Gasteiger partial charge is 0.0430 e. The molecule has 0 aromatic heterocycles. The van der Waals surface area contributed by atoms with Gasteiger partial charge in [0.15, 0.2) is 0 Å². The fraction of sp³-hybridized carbons (Fsp3) is 0.647. The Hall–Kier alpha value is -0.490. The first-order chi connectivity index (χ1) is 8.51. The molecule has 0 bridgehead atoms. The Balaban J connectivity index is 2.05. The highest BCUT2D eigenvalue weighted by molar-refractivity contribution is 6.21. The van der Waals surface area contributed by atoms with Gasteiger partial charge < -0.3 is 0 Å². The largest absolute Gasteiger partial charge is 0.122 e. The number of rotatable bonds is 3. The van der Waals surface area contributed by atoms with Gasteiger partial charge in [-0.2, -0.15) is 0 Å². The fourth-order valence-electron chi connectivity index (χ4n) is 3.06. The number of alkyl halides is 1. The van der Waals surface area contributed by atoms with Crippen LogP contribution in [0.2, 0.25) is 0 Å². The van der Waals surface area contributed by atoms with Crippen molar-refractivity contribution in [2.45, 2.75) is 64.7 Å². The molecule has 2 rings (SSSR count). The fourth-order valence-corrected chi connectivity index (χ4v) is 3.45. The minimum absolute atomic E-state index is 0.278. The average molecular weight is 265 g/mol. The van der Waals surface area contributed by atoms with Crippen LogP contribution in [-0.2, 0) is 6.42 Å². The molecule has 0 saturated heterocycles. The molecule has 1 aromatic carbocycles. The summed E-state index contributed by atoms with van der Waals surface area (Å²) < 4.78 is 0. The van der Waals surface area contributed by atoms with Crippen LogP contribution in [0, 0.1) is 19.3 Å². The standard InChI is InChI=1S/C17H25Cl/c1-13-7-8-15(11-14(13)2)12-16(18)17(3)9-5-4-6-10-17/h7-8,11,16H,4-6,9-10,12H2,1-3H3. The zero-order chi connectivity index (χ0) is 13.2. The Labute approximate surface area is 117 Å². The molecule has 1 aliphatic rings. The van der Waals surface area contributed by atoms with Crippen molar-refractivity contribution in [2.75, 3.05) is 0 Å². The van der Waals surface area contributed by atoms with Crippen LogP contribution < -0.4 is 0 Å². The molecule has 18 heavy (non-hydrogen) atoms. The summed E-state index contributed by atoms with van der Waals surface area (Å²) in [5.41, 5.74) is 4.49. The van der Waals surface area contributed by atoms with E-state index in [1.54, 1.807) is 0 Å². The van der Waals surface area contributed by atoms with Crippen LogP contribution in [0.1, 0.15) is 55.7 Å². The maximum Gasteiger partial charge on any atom is 0.0430 e. The second-order valence-corrected chi connectivity index (χ2v) is 6.83. The first-order valence-corrected chi connectivity index (χ1v) is 7.65. The maximum absolute atomic E-state index is 6.73. The van der Waals surface area contributed by atoms with E-state index in [9.17, 15) is 0 Å². The SMILES string of the molecule is Cc1ccc(CC(Cl)C2(C)CCCCC2)cc1C. The molecule has 0 spiro atoms. The van der Waals surface area contributed by atoms with Gasteiger partial charge in [0.05, 0.1) is 0 Å². The van der Waals surface area contributed by atoms with Crippen LogP contribution in [-0.4, -0.2) is 5.38 Å². The highest BCUT2D eigenvalue weighted by Crippen LogP contribution is 2.42. The van der Waals surface area contributed by atoms with Gasteiger partial charge in [-0.1, -0.05) is 44.4 Å². The number of benzene rings is 1. The summed E-state index contributed by atoms with van der Waals surface area (Å²) in [6.07, 6.45) is 7.71. The summed E-state index contributed by atoms with van der Waals surface area (Å²) in [6, 6.07) is 6.76. The molecule has 0 heterocycles. The lowest BCUT2D eigenvalue weighted by Crippen LogP contribution is -2.32. The molecule has 0 aliphatic heterocycles. The van der Waals surface area contributed by atoms with Crippen molar-refractivity contribution in [2.24, 2.45) is 5.41 Å². The summed E-state index contributed by atoms with van der Waals surface area (Å²) in [7, 11) is 0. The normalized spacial score (nSPS) is 20.7. The molecule has 1 aliphatic carbocycles. The summed E-state index contributed by atoms with van der Waals surface area (Å²) in [4.78, 5) is 0. The summed E-state index contributed by atoms with van der Waals surface area (Å²) >= 11 is 6.73. The molecule has 100 valence electrons. The first kappa shape index (κ1) is 13.9. The predicted molar refractivity (Wildman–Crippen MR) is 80.5 cm³/mol. The van der Waals surface area contributed by atoms with Crippen LogP contribution in [0.3, 0.4) is 0 Å². The van der Waals surface area contributed by atoms with E-state index in [0.29, 0.717) is 5.41 Å². The quantitative estimate of drug-likeness (QED) is 0.639. The van der Waals surface area contributed by atoms with Crippen molar-refractivity contribution in [1.29, 1.82) is 0 Å². The van der Waals surface area contributed by atoms with Crippen molar-refractivity contribution >= 4 is 11.6 Å². The number of hydrogen-bond donors (Lipinski definition) is 0. The third-order valence-corrected chi connectivity index (χ3v) is 5.42. The second kappa shape index (κ2) is 5.65. The predicted octanol–water partition coefficient (Wildman–Crippen LogP) is 5.42. The number of hydrogen-bond acceptors (Lipinski definition) is 0. The number of aryl methyl sites for hydroxylation is 2. The molecule has 0 radical (unpaired) electrons. The van der Waals surface area contributed by atoms with Crippen molar-refractivity contribution in [1.82, 2.24) is 0 Å². The molecular weight excluding hydrogens is 240 g/mol. The van der Waals surface area contributed by atoms with E-state index in [4.69, 9.17) is 11.6 Å². The second-order valence-electron chi connectivity index (χ2n) is 6.30. The number of halogens is 1. The Morgan fingerprint density at radius 3 is 2.39 bits per heavy atom. The van der Waals surface area contributed by atoms with Crippen LogP contribution in [0.25, 0.3) is 0 Å². The Bertz CT molecular complexity index is 402. The molecule has 1 atom stereocenters. The third kappa shape index (κ3) is 3.09. The Morgan fingerprint density at radius 2 is 1.78 bits per heavy atom. The summed E-state index contributed by atoms with van der Waals surface area (Å²) in [6.45, 7) is 6.73. The van der Waals surface area contributed by atoms with E-state index in [0.717, 1.165) is 6.42 Å². The maximum atomic E-state index is 6.73. The summed E-state index contributed by atoms with van der Waals surface area (Å²) in [5.74, 6) is 0. The van der Waals surface area contributed by atoms with Crippen LogP contribution in [0.15, 0.2) is 18.2 Å². The van der Waals surface area contributed by atoms with Gasteiger partial charge in [-0.25, -0.2) is 0 Å². The lowest BCUT2D eigenvalue weighted by atomic mass is 9.72. The highest BCUT2D eigenvalue weighted by Gasteiger charge is 2.34. The lowest BCUT2D eigenvalue weighted by molar-refractivity contribution is 0.205. The monoisotopic (exact) mass is 264 g/mol. The van der Waals surface area contributed by atoms with E-state index in [2.05, 4.69) is 39.0 Å². The van der Waals surface area contributed by atoms with Gasteiger partial charge in [-0.05, 0) is 55.2 Å².